The maximum Gasteiger partial charge on any atom is 0.410 e. The van der Waals surface area contributed by atoms with E-state index < -0.39 is 5.60 Å². The minimum absolute atomic E-state index is 0.117. The number of amides is 2. The van der Waals surface area contributed by atoms with Gasteiger partial charge >= 0.3 is 6.09 Å². The number of likely N-dealkylation sites (tertiary alicyclic amines) is 1. The number of likely N-dealkylation sites (N-methyl/N-ethyl adjacent to an activating group) is 1. The summed E-state index contributed by atoms with van der Waals surface area (Å²) in [6, 6.07) is 10.5. The summed E-state index contributed by atoms with van der Waals surface area (Å²) >= 11 is 1.44. The topological polar surface area (TPSA) is 78.9 Å². The Bertz CT molecular complexity index is 982. The number of aromatic nitrogens is 2. The number of carbonyl (C=O) groups is 2. The summed E-state index contributed by atoms with van der Waals surface area (Å²) in [7, 11) is 3.78. The van der Waals surface area contributed by atoms with Crippen LogP contribution in [-0.2, 0) is 16.1 Å². The third-order valence-electron chi connectivity index (χ3n) is 5.94. The van der Waals surface area contributed by atoms with Crippen molar-refractivity contribution < 1.29 is 14.3 Å². The van der Waals surface area contributed by atoms with Crippen LogP contribution in [0.4, 0.5) is 10.6 Å². The molecular weight excluding hydrogens is 450 g/mol. The first kappa shape index (κ1) is 26.0. The average Bonchev–Trinajstić information content (AvgIpc) is 2.82. The molecule has 3 rings (SSSR count). The molecule has 2 unspecified atom stereocenters. The zero-order valence-corrected chi connectivity index (χ0v) is 21.7. The van der Waals surface area contributed by atoms with Gasteiger partial charge in [-0.2, -0.15) is 0 Å². The van der Waals surface area contributed by atoms with Crippen LogP contribution in [0.3, 0.4) is 0 Å². The monoisotopic (exact) mass is 485 g/mol. The van der Waals surface area contributed by atoms with E-state index in [1.165, 1.54) is 22.2 Å². The first-order valence-electron chi connectivity index (χ1n) is 11.4. The molecule has 34 heavy (non-hydrogen) atoms. The molecule has 0 bridgehead atoms. The lowest BCUT2D eigenvalue weighted by Crippen LogP contribution is -2.51. The fourth-order valence-corrected chi connectivity index (χ4v) is 4.66. The lowest BCUT2D eigenvalue weighted by atomic mass is 9.85. The van der Waals surface area contributed by atoms with Crippen LogP contribution in [0.1, 0.15) is 44.2 Å². The molecule has 1 aromatic heterocycles. The minimum atomic E-state index is -0.531. The highest BCUT2D eigenvalue weighted by Crippen LogP contribution is 2.33. The van der Waals surface area contributed by atoms with E-state index in [9.17, 15) is 9.59 Å². The molecule has 0 radical (unpaired) electrons. The fraction of sp³-hybridized carbons (Fsp3) is 0.520. The van der Waals surface area contributed by atoms with Crippen molar-refractivity contribution in [3.63, 3.8) is 0 Å². The number of rotatable bonds is 7. The van der Waals surface area contributed by atoms with Crippen LogP contribution in [0.2, 0.25) is 0 Å². The van der Waals surface area contributed by atoms with Gasteiger partial charge in [0.2, 0.25) is 6.41 Å². The summed E-state index contributed by atoms with van der Waals surface area (Å²) in [6.07, 6.45) is 5.01. The third-order valence-corrected chi connectivity index (χ3v) is 6.50. The Labute approximate surface area is 206 Å². The van der Waals surface area contributed by atoms with Crippen molar-refractivity contribution in [3.05, 3.63) is 47.7 Å². The number of hydrogen-bond acceptors (Lipinski definition) is 7. The standard InChI is InChI=1S/C25H35N5O3S/c1-25(2,3)33-24(32)30-13-12-21(20(16-30)18-10-8-7-9-11-18)28(4)15-19-14-26-23(34-6)27-22(19)29(5)17-31/h7-11,14,17,20-21H,12-13,15-16H2,1-6H3. The highest BCUT2D eigenvalue weighted by atomic mass is 32.2. The molecule has 2 atom stereocenters. The molecule has 2 heterocycles. The Morgan fingerprint density at radius 3 is 2.59 bits per heavy atom. The molecule has 1 saturated heterocycles. The van der Waals surface area contributed by atoms with E-state index in [1.54, 1.807) is 13.2 Å². The molecule has 1 aliphatic rings. The normalized spacial score (nSPS) is 18.6. The van der Waals surface area contributed by atoms with Crippen LogP contribution in [0.15, 0.2) is 41.7 Å². The molecule has 1 aliphatic heterocycles. The molecule has 8 nitrogen and oxygen atoms in total. The summed E-state index contributed by atoms with van der Waals surface area (Å²) in [5, 5.41) is 0.628. The molecule has 0 aliphatic carbocycles. The molecule has 2 amide bonds. The molecule has 0 saturated carbocycles. The fourth-order valence-electron chi connectivity index (χ4n) is 4.32. The Morgan fingerprint density at radius 2 is 1.97 bits per heavy atom. The molecule has 1 aromatic carbocycles. The minimum Gasteiger partial charge on any atom is -0.444 e. The molecule has 0 N–H and O–H groups in total. The Balaban J connectivity index is 1.85. The second-order valence-corrected chi connectivity index (χ2v) is 10.4. The van der Waals surface area contributed by atoms with E-state index in [0.29, 0.717) is 30.6 Å². The van der Waals surface area contributed by atoms with E-state index in [2.05, 4.69) is 34.0 Å². The van der Waals surface area contributed by atoms with Crippen LogP contribution in [-0.4, -0.2) is 77.4 Å². The second-order valence-electron chi connectivity index (χ2n) is 9.64. The molecular formula is C25H35N5O3S. The van der Waals surface area contributed by atoms with Gasteiger partial charge in [-0.15, -0.1) is 0 Å². The number of nitrogens with zero attached hydrogens (tertiary/aromatic N) is 5. The number of hydrogen-bond donors (Lipinski definition) is 0. The second kappa shape index (κ2) is 11.2. The smallest absolute Gasteiger partial charge is 0.410 e. The Kier molecular flexibility index (Phi) is 8.54. The van der Waals surface area contributed by atoms with Gasteiger partial charge in [0, 0.05) is 50.4 Å². The quantitative estimate of drug-likeness (QED) is 0.333. The molecule has 0 spiro atoms. The predicted molar refractivity (Wildman–Crippen MR) is 135 cm³/mol. The number of anilines is 1. The van der Waals surface area contributed by atoms with Gasteiger partial charge in [0.15, 0.2) is 5.16 Å². The Morgan fingerprint density at radius 1 is 1.26 bits per heavy atom. The highest BCUT2D eigenvalue weighted by Gasteiger charge is 2.36. The van der Waals surface area contributed by atoms with Gasteiger partial charge < -0.3 is 14.5 Å². The molecule has 184 valence electrons. The van der Waals surface area contributed by atoms with Crippen molar-refractivity contribution >= 4 is 30.1 Å². The molecule has 9 heteroatoms. The van der Waals surface area contributed by atoms with Crippen LogP contribution < -0.4 is 4.90 Å². The van der Waals surface area contributed by atoms with Gasteiger partial charge in [-0.3, -0.25) is 9.69 Å². The Hall–Kier alpha value is -2.65. The van der Waals surface area contributed by atoms with E-state index in [4.69, 9.17) is 4.74 Å². The third kappa shape index (κ3) is 6.48. The van der Waals surface area contributed by atoms with E-state index in [0.717, 1.165) is 18.4 Å². The number of ether oxygens (including phenoxy) is 1. The van der Waals surface area contributed by atoms with Gasteiger partial charge in [0.05, 0.1) is 0 Å². The van der Waals surface area contributed by atoms with Gasteiger partial charge in [0.25, 0.3) is 0 Å². The average molecular weight is 486 g/mol. The summed E-state index contributed by atoms with van der Waals surface area (Å²) in [6.45, 7) is 7.45. The van der Waals surface area contributed by atoms with Gasteiger partial charge in [-0.1, -0.05) is 42.1 Å². The van der Waals surface area contributed by atoms with Crippen LogP contribution >= 0.6 is 11.8 Å². The van der Waals surface area contributed by atoms with Crippen LogP contribution in [0.5, 0.6) is 0 Å². The van der Waals surface area contributed by atoms with Crippen molar-refractivity contribution in [3.8, 4) is 0 Å². The number of piperidine rings is 1. The molecule has 1 fully saturated rings. The first-order chi connectivity index (χ1) is 16.1. The van der Waals surface area contributed by atoms with E-state index in [-0.39, 0.29) is 18.1 Å². The number of carbonyl (C=O) groups excluding carboxylic acids is 2. The number of benzene rings is 1. The highest BCUT2D eigenvalue weighted by molar-refractivity contribution is 7.98. The van der Waals surface area contributed by atoms with Gasteiger partial charge in [-0.25, -0.2) is 14.8 Å². The predicted octanol–water partition coefficient (Wildman–Crippen LogP) is 4.02. The van der Waals surface area contributed by atoms with Crippen molar-refractivity contribution in [1.29, 1.82) is 0 Å². The first-order valence-corrected chi connectivity index (χ1v) is 12.7. The van der Waals surface area contributed by atoms with Crippen LogP contribution in [0.25, 0.3) is 0 Å². The SMILES string of the molecule is CSc1ncc(CN(C)C2CCN(C(=O)OC(C)(C)C)CC2c2ccccc2)c(N(C)C=O)n1. The van der Waals surface area contributed by atoms with Crippen molar-refractivity contribution in [2.45, 2.75) is 56.5 Å². The largest absolute Gasteiger partial charge is 0.444 e. The molecule has 2 aromatic rings. The van der Waals surface area contributed by atoms with E-state index >= 15 is 0 Å². The van der Waals surface area contributed by atoms with E-state index in [1.807, 2.05) is 50.1 Å². The van der Waals surface area contributed by atoms with Crippen LogP contribution in [0, 0.1) is 0 Å². The maximum atomic E-state index is 12.8. The zero-order chi connectivity index (χ0) is 24.9. The summed E-state index contributed by atoms with van der Waals surface area (Å²) in [5.41, 5.74) is 1.54. The zero-order valence-electron chi connectivity index (χ0n) is 20.9. The lowest BCUT2D eigenvalue weighted by Gasteiger charge is -2.43. The van der Waals surface area contributed by atoms with Crippen molar-refractivity contribution in [2.24, 2.45) is 0 Å². The number of thioether (sulfide) groups is 1. The summed E-state index contributed by atoms with van der Waals surface area (Å²) in [4.78, 5) is 38.9. The van der Waals surface area contributed by atoms with Gasteiger partial charge in [-0.05, 0) is 46.1 Å². The lowest BCUT2D eigenvalue weighted by molar-refractivity contribution is -0.107. The maximum absolute atomic E-state index is 12.8. The van der Waals surface area contributed by atoms with Crippen molar-refractivity contribution in [2.75, 3.05) is 38.3 Å². The van der Waals surface area contributed by atoms with Gasteiger partial charge in [0.1, 0.15) is 11.4 Å². The van der Waals surface area contributed by atoms with Crippen molar-refractivity contribution in [1.82, 2.24) is 19.8 Å². The summed E-state index contributed by atoms with van der Waals surface area (Å²) in [5.74, 6) is 0.731. The summed E-state index contributed by atoms with van der Waals surface area (Å²) < 4.78 is 5.65.